The maximum atomic E-state index is 12.4. The van der Waals surface area contributed by atoms with Crippen molar-refractivity contribution in [2.24, 2.45) is 5.73 Å². The van der Waals surface area contributed by atoms with Crippen molar-refractivity contribution in [3.63, 3.8) is 0 Å². The Kier molecular flexibility index (Phi) is 9.90. The first-order valence-electron chi connectivity index (χ1n) is 9.11. The van der Waals surface area contributed by atoms with Gasteiger partial charge in [0.1, 0.15) is 0 Å². The third-order valence-electron chi connectivity index (χ3n) is 5.16. The van der Waals surface area contributed by atoms with E-state index in [-0.39, 0.29) is 36.8 Å². The van der Waals surface area contributed by atoms with Crippen LogP contribution >= 0.6 is 24.8 Å². The van der Waals surface area contributed by atoms with Gasteiger partial charge in [-0.25, -0.2) is 0 Å². The molecular weight excluding hydrogens is 373 g/mol. The van der Waals surface area contributed by atoms with Gasteiger partial charge in [-0.1, -0.05) is 49.6 Å². The lowest BCUT2D eigenvalue weighted by molar-refractivity contribution is -0.128. The Morgan fingerprint density at radius 2 is 1.88 bits per heavy atom. The molecule has 1 saturated heterocycles. The largest absolute Gasteiger partial charge is 0.374 e. The number of amides is 1. The van der Waals surface area contributed by atoms with E-state index in [9.17, 15) is 4.79 Å². The molecule has 3 N–H and O–H groups in total. The van der Waals surface area contributed by atoms with Gasteiger partial charge in [0.25, 0.3) is 0 Å². The number of nitrogens with two attached hydrogens (primary N) is 1. The summed E-state index contributed by atoms with van der Waals surface area (Å²) in [5, 5.41) is 3.03. The molecule has 1 heterocycles. The zero-order valence-corrected chi connectivity index (χ0v) is 16.8. The van der Waals surface area contributed by atoms with E-state index in [1.165, 1.54) is 12.0 Å². The van der Waals surface area contributed by atoms with Crippen molar-refractivity contribution in [3.8, 4) is 0 Å². The van der Waals surface area contributed by atoms with E-state index < -0.39 is 5.54 Å². The Bertz CT molecular complexity index is 539. The molecule has 7 heteroatoms. The van der Waals surface area contributed by atoms with Crippen molar-refractivity contribution >= 4 is 30.7 Å². The molecule has 148 valence electrons. The highest BCUT2D eigenvalue weighted by atomic mass is 35.5. The number of ether oxygens (including phenoxy) is 1. The standard InChI is InChI=1S/C19H29N3O2.2ClH/c20-19(9-5-2-6-10-19)18(23)21-13-17-15-22(11-12-24-17)14-16-7-3-1-4-8-16;;/h1,3-4,7-8,17H,2,5-6,9-15,20H2,(H,21,23);2*1H. The molecule has 1 atom stereocenters. The normalized spacial score (nSPS) is 22.6. The third kappa shape index (κ3) is 6.39. The van der Waals surface area contributed by atoms with E-state index in [0.717, 1.165) is 45.3 Å². The van der Waals surface area contributed by atoms with Crippen molar-refractivity contribution in [1.29, 1.82) is 0 Å². The molecule has 1 unspecified atom stereocenters. The number of halogens is 2. The average molecular weight is 404 g/mol. The Labute approximate surface area is 168 Å². The van der Waals surface area contributed by atoms with Gasteiger partial charge in [-0.3, -0.25) is 9.69 Å². The monoisotopic (exact) mass is 403 g/mol. The van der Waals surface area contributed by atoms with Crippen LogP contribution in [0.15, 0.2) is 30.3 Å². The second-order valence-corrected chi connectivity index (χ2v) is 7.14. The molecule has 1 aromatic carbocycles. The molecule has 2 fully saturated rings. The van der Waals surface area contributed by atoms with Gasteiger partial charge < -0.3 is 15.8 Å². The zero-order valence-electron chi connectivity index (χ0n) is 15.2. The first kappa shape index (κ1) is 23.2. The molecule has 0 radical (unpaired) electrons. The van der Waals surface area contributed by atoms with E-state index in [2.05, 4.69) is 34.5 Å². The summed E-state index contributed by atoms with van der Waals surface area (Å²) in [4.78, 5) is 14.8. The molecular formula is C19H31Cl2N3O2. The van der Waals surface area contributed by atoms with Crippen molar-refractivity contribution < 1.29 is 9.53 Å². The van der Waals surface area contributed by atoms with Gasteiger partial charge in [0.15, 0.2) is 0 Å². The first-order valence-corrected chi connectivity index (χ1v) is 9.11. The Morgan fingerprint density at radius 1 is 1.19 bits per heavy atom. The molecule has 0 aromatic heterocycles. The number of morpholine rings is 1. The number of nitrogens with one attached hydrogen (secondary N) is 1. The quantitative estimate of drug-likeness (QED) is 0.792. The van der Waals surface area contributed by atoms with Crippen molar-refractivity contribution in [2.75, 3.05) is 26.2 Å². The molecule has 1 aromatic rings. The molecule has 26 heavy (non-hydrogen) atoms. The van der Waals surface area contributed by atoms with Gasteiger partial charge in [-0.05, 0) is 18.4 Å². The van der Waals surface area contributed by atoms with Crippen LogP contribution in [0.25, 0.3) is 0 Å². The summed E-state index contributed by atoms with van der Waals surface area (Å²) in [5.41, 5.74) is 6.92. The van der Waals surface area contributed by atoms with Crippen molar-refractivity contribution in [1.82, 2.24) is 10.2 Å². The van der Waals surface area contributed by atoms with Crippen LogP contribution < -0.4 is 11.1 Å². The fraction of sp³-hybridized carbons (Fsp3) is 0.632. The van der Waals surface area contributed by atoms with Gasteiger partial charge in [-0.15, -0.1) is 24.8 Å². The number of benzene rings is 1. The highest BCUT2D eigenvalue weighted by Crippen LogP contribution is 2.26. The maximum Gasteiger partial charge on any atom is 0.240 e. The minimum atomic E-state index is -0.670. The summed E-state index contributed by atoms with van der Waals surface area (Å²) in [6.45, 7) is 3.95. The fourth-order valence-electron chi connectivity index (χ4n) is 3.68. The van der Waals surface area contributed by atoms with Crippen LogP contribution in [0.5, 0.6) is 0 Å². The van der Waals surface area contributed by atoms with E-state index in [1.54, 1.807) is 0 Å². The third-order valence-corrected chi connectivity index (χ3v) is 5.16. The predicted octanol–water partition coefficient (Wildman–Crippen LogP) is 2.51. The summed E-state index contributed by atoms with van der Waals surface area (Å²) in [6, 6.07) is 10.5. The summed E-state index contributed by atoms with van der Waals surface area (Å²) in [7, 11) is 0. The van der Waals surface area contributed by atoms with Crippen LogP contribution in [-0.2, 0) is 16.1 Å². The predicted molar refractivity (Wildman–Crippen MR) is 109 cm³/mol. The van der Waals surface area contributed by atoms with Gasteiger partial charge in [-0.2, -0.15) is 0 Å². The number of rotatable bonds is 5. The number of carbonyl (C=O) groups excluding carboxylic acids is 1. The average Bonchev–Trinajstić information content (AvgIpc) is 2.61. The molecule has 1 aliphatic carbocycles. The van der Waals surface area contributed by atoms with Crippen LogP contribution in [-0.4, -0.2) is 48.7 Å². The number of carbonyl (C=O) groups is 1. The SMILES string of the molecule is Cl.Cl.NC1(C(=O)NCC2CN(Cc3ccccc3)CCO2)CCCCC1. The minimum absolute atomic E-state index is 0. The molecule has 1 amide bonds. The summed E-state index contributed by atoms with van der Waals surface area (Å²) >= 11 is 0. The molecule has 0 bridgehead atoms. The fourth-order valence-corrected chi connectivity index (χ4v) is 3.68. The topological polar surface area (TPSA) is 67.6 Å². The Balaban J connectivity index is 0.00000169. The minimum Gasteiger partial charge on any atom is -0.374 e. The van der Waals surface area contributed by atoms with Crippen LogP contribution in [0.2, 0.25) is 0 Å². The van der Waals surface area contributed by atoms with Gasteiger partial charge in [0.05, 0.1) is 18.2 Å². The zero-order chi connectivity index (χ0) is 16.8. The van der Waals surface area contributed by atoms with Crippen molar-refractivity contribution in [3.05, 3.63) is 35.9 Å². The summed E-state index contributed by atoms with van der Waals surface area (Å²) in [6.07, 6.45) is 4.92. The van der Waals surface area contributed by atoms with Gasteiger partial charge in [0.2, 0.25) is 5.91 Å². The van der Waals surface area contributed by atoms with Crippen LogP contribution in [0.4, 0.5) is 0 Å². The Morgan fingerprint density at radius 3 is 2.58 bits per heavy atom. The van der Waals surface area contributed by atoms with E-state index in [4.69, 9.17) is 10.5 Å². The molecule has 0 spiro atoms. The lowest BCUT2D eigenvalue weighted by Gasteiger charge is -2.35. The molecule has 1 saturated carbocycles. The van der Waals surface area contributed by atoms with Crippen LogP contribution in [0, 0.1) is 0 Å². The highest BCUT2D eigenvalue weighted by molar-refractivity contribution is 5.86. The second-order valence-electron chi connectivity index (χ2n) is 7.14. The van der Waals surface area contributed by atoms with E-state index >= 15 is 0 Å². The molecule has 2 aliphatic rings. The number of nitrogens with zero attached hydrogens (tertiary/aromatic N) is 1. The van der Waals surface area contributed by atoms with Crippen molar-refractivity contribution in [2.45, 2.75) is 50.3 Å². The molecule has 5 nitrogen and oxygen atoms in total. The Hall–Kier alpha value is -0.850. The number of hydrogen-bond donors (Lipinski definition) is 2. The highest BCUT2D eigenvalue weighted by Gasteiger charge is 2.35. The summed E-state index contributed by atoms with van der Waals surface area (Å²) in [5.74, 6) is -0.00835. The van der Waals surface area contributed by atoms with E-state index in [1.807, 2.05) is 6.07 Å². The lowest BCUT2D eigenvalue weighted by atomic mass is 9.82. The number of hydrogen-bond acceptors (Lipinski definition) is 4. The van der Waals surface area contributed by atoms with Crippen LogP contribution in [0.1, 0.15) is 37.7 Å². The molecule has 1 aliphatic heterocycles. The van der Waals surface area contributed by atoms with Crippen LogP contribution in [0.3, 0.4) is 0 Å². The molecule has 3 rings (SSSR count). The lowest BCUT2D eigenvalue weighted by Crippen LogP contribution is -2.57. The second kappa shape index (κ2) is 11.1. The smallest absolute Gasteiger partial charge is 0.240 e. The summed E-state index contributed by atoms with van der Waals surface area (Å²) < 4.78 is 5.82. The maximum absolute atomic E-state index is 12.4. The first-order chi connectivity index (χ1) is 11.7. The van der Waals surface area contributed by atoms with Gasteiger partial charge >= 0.3 is 0 Å². The van der Waals surface area contributed by atoms with E-state index in [0.29, 0.717) is 13.2 Å². The van der Waals surface area contributed by atoms with Gasteiger partial charge in [0, 0.05) is 26.2 Å².